The molecule has 1 aromatic carbocycles. The van der Waals surface area contributed by atoms with Crippen LogP contribution in [0.1, 0.15) is 37.7 Å². The second kappa shape index (κ2) is 8.39. The highest BCUT2D eigenvalue weighted by Crippen LogP contribution is 2.28. The summed E-state index contributed by atoms with van der Waals surface area (Å²) in [6.07, 6.45) is 4.39. The van der Waals surface area contributed by atoms with Crippen LogP contribution in [0.4, 0.5) is 0 Å². The molecule has 1 saturated carbocycles. The first-order chi connectivity index (χ1) is 10.6. The molecule has 0 saturated heterocycles. The molecule has 1 fully saturated rings. The minimum atomic E-state index is -0.681. The smallest absolute Gasteiger partial charge is 0.303 e. The molecule has 0 spiro atoms. The highest BCUT2D eigenvalue weighted by Gasteiger charge is 2.22. The quantitative estimate of drug-likeness (QED) is 0.751. The fraction of sp³-hybridized carbons (Fsp3) is 0.588. The molecule has 0 aromatic heterocycles. The van der Waals surface area contributed by atoms with Gasteiger partial charge in [0.05, 0.1) is 5.02 Å². The first-order valence-electron chi connectivity index (χ1n) is 7.89. The van der Waals surface area contributed by atoms with Crippen LogP contribution in [0, 0.1) is 12.8 Å². The summed E-state index contributed by atoms with van der Waals surface area (Å²) in [5.74, 6) is 0.425. The lowest BCUT2D eigenvalue weighted by Gasteiger charge is -2.28. The highest BCUT2D eigenvalue weighted by molar-refractivity contribution is 6.32. The summed E-state index contributed by atoms with van der Waals surface area (Å²) in [6.45, 7) is 3.34. The largest absolute Gasteiger partial charge is 0.490 e. The van der Waals surface area contributed by atoms with Gasteiger partial charge >= 0.3 is 5.97 Å². The van der Waals surface area contributed by atoms with Crippen molar-refractivity contribution in [3.05, 3.63) is 28.8 Å². The van der Waals surface area contributed by atoms with Gasteiger partial charge in [-0.05, 0) is 50.2 Å². The fourth-order valence-corrected chi connectivity index (χ4v) is 3.31. The van der Waals surface area contributed by atoms with Crippen molar-refractivity contribution in [2.24, 2.45) is 5.92 Å². The number of ether oxygens (including phenoxy) is 1. The molecule has 22 heavy (non-hydrogen) atoms. The number of hydrogen-bond acceptors (Lipinski definition) is 3. The minimum absolute atomic E-state index is 0.307. The topological polar surface area (TPSA) is 58.6 Å². The van der Waals surface area contributed by atoms with Crippen molar-refractivity contribution >= 4 is 17.6 Å². The first-order valence-corrected chi connectivity index (χ1v) is 8.27. The number of carboxylic acid groups (broad SMARTS) is 1. The number of benzene rings is 1. The summed E-state index contributed by atoms with van der Waals surface area (Å²) < 4.78 is 5.76. The van der Waals surface area contributed by atoms with E-state index in [1.54, 1.807) is 0 Å². The van der Waals surface area contributed by atoms with E-state index >= 15 is 0 Å². The van der Waals surface area contributed by atoms with E-state index in [2.05, 4.69) is 5.32 Å². The SMILES string of the molecule is Cc1cccc(Cl)c1OCCNC1CCC(CC(=O)O)CC1. The molecule has 0 heterocycles. The Balaban J connectivity index is 1.65. The summed E-state index contributed by atoms with van der Waals surface area (Å²) in [6, 6.07) is 6.21. The van der Waals surface area contributed by atoms with Crippen LogP contribution < -0.4 is 10.1 Å². The maximum Gasteiger partial charge on any atom is 0.303 e. The number of nitrogens with one attached hydrogen (secondary N) is 1. The van der Waals surface area contributed by atoms with Gasteiger partial charge in [0.2, 0.25) is 0 Å². The molecule has 1 aliphatic carbocycles. The van der Waals surface area contributed by atoms with E-state index in [-0.39, 0.29) is 0 Å². The number of rotatable bonds is 7. The maximum atomic E-state index is 10.7. The normalized spacial score (nSPS) is 21.5. The standard InChI is InChI=1S/C17H24ClNO3/c1-12-3-2-4-15(18)17(12)22-10-9-19-14-7-5-13(6-8-14)11-16(20)21/h2-4,13-14,19H,5-11H2,1H3,(H,20,21). The van der Waals surface area contributed by atoms with Gasteiger partial charge in [-0.1, -0.05) is 23.7 Å². The van der Waals surface area contributed by atoms with Crippen molar-refractivity contribution in [2.75, 3.05) is 13.2 Å². The molecule has 1 aromatic rings. The maximum absolute atomic E-state index is 10.7. The zero-order valence-corrected chi connectivity index (χ0v) is 13.7. The monoisotopic (exact) mass is 325 g/mol. The van der Waals surface area contributed by atoms with Crippen molar-refractivity contribution in [1.29, 1.82) is 0 Å². The lowest BCUT2D eigenvalue weighted by atomic mass is 9.84. The van der Waals surface area contributed by atoms with Crippen LogP contribution in [0.2, 0.25) is 5.02 Å². The zero-order chi connectivity index (χ0) is 15.9. The molecule has 0 atom stereocenters. The number of carboxylic acids is 1. The Labute approximate surface area is 136 Å². The number of carbonyl (C=O) groups is 1. The second-order valence-electron chi connectivity index (χ2n) is 6.00. The van der Waals surface area contributed by atoms with Crippen LogP contribution in [-0.4, -0.2) is 30.3 Å². The number of aryl methyl sites for hydroxylation is 1. The third kappa shape index (κ3) is 5.18. The third-order valence-corrected chi connectivity index (χ3v) is 4.55. The fourth-order valence-electron chi connectivity index (χ4n) is 3.03. The van der Waals surface area contributed by atoms with E-state index in [9.17, 15) is 4.79 Å². The lowest BCUT2D eigenvalue weighted by Crippen LogP contribution is -2.36. The zero-order valence-electron chi connectivity index (χ0n) is 13.0. The average Bonchev–Trinajstić information content (AvgIpc) is 2.47. The molecule has 0 unspecified atom stereocenters. The number of para-hydroxylation sites is 1. The summed E-state index contributed by atoms with van der Waals surface area (Å²) in [7, 11) is 0. The van der Waals surface area contributed by atoms with Crippen LogP contribution in [0.25, 0.3) is 0 Å². The van der Waals surface area contributed by atoms with E-state index < -0.39 is 5.97 Å². The van der Waals surface area contributed by atoms with Crippen molar-refractivity contribution in [1.82, 2.24) is 5.32 Å². The molecular formula is C17H24ClNO3. The summed E-state index contributed by atoms with van der Waals surface area (Å²) in [5.41, 5.74) is 1.04. The van der Waals surface area contributed by atoms with Gasteiger partial charge in [-0.2, -0.15) is 0 Å². The predicted molar refractivity (Wildman–Crippen MR) is 87.7 cm³/mol. The molecule has 0 aliphatic heterocycles. The molecule has 1 aliphatic rings. The Hall–Kier alpha value is -1.26. The van der Waals surface area contributed by atoms with Gasteiger partial charge < -0.3 is 15.2 Å². The molecule has 0 amide bonds. The van der Waals surface area contributed by atoms with Crippen molar-refractivity contribution in [2.45, 2.75) is 45.1 Å². The number of aliphatic carboxylic acids is 1. The molecule has 0 bridgehead atoms. The van der Waals surface area contributed by atoms with Crippen molar-refractivity contribution in [3.8, 4) is 5.75 Å². The van der Waals surface area contributed by atoms with E-state index in [1.807, 2.05) is 25.1 Å². The van der Waals surface area contributed by atoms with E-state index in [0.29, 0.717) is 30.0 Å². The molecule has 5 heteroatoms. The van der Waals surface area contributed by atoms with Crippen LogP contribution in [-0.2, 0) is 4.79 Å². The predicted octanol–water partition coefficient (Wildman–Crippen LogP) is 3.65. The summed E-state index contributed by atoms with van der Waals surface area (Å²) >= 11 is 6.12. The molecule has 2 N–H and O–H groups in total. The van der Waals surface area contributed by atoms with Gasteiger partial charge in [0, 0.05) is 19.0 Å². The average molecular weight is 326 g/mol. The van der Waals surface area contributed by atoms with Gasteiger partial charge in [0.25, 0.3) is 0 Å². The molecule has 122 valence electrons. The summed E-state index contributed by atoms with van der Waals surface area (Å²) in [5, 5.41) is 13.0. The Kier molecular flexibility index (Phi) is 6.52. The number of hydrogen-bond donors (Lipinski definition) is 2. The Morgan fingerprint density at radius 1 is 1.36 bits per heavy atom. The van der Waals surface area contributed by atoms with Crippen LogP contribution >= 0.6 is 11.6 Å². The molecule has 2 rings (SSSR count). The molecular weight excluding hydrogens is 302 g/mol. The van der Waals surface area contributed by atoms with Crippen molar-refractivity contribution in [3.63, 3.8) is 0 Å². The Bertz CT molecular complexity index is 478. The summed E-state index contributed by atoms with van der Waals surface area (Å²) in [4.78, 5) is 10.7. The van der Waals surface area contributed by atoms with E-state index in [0.717, 1.165) is 43.5 Å². The first kappa shape index (κ1) is 17.1. The Morgan fingerprint density at radius 2 is 2.09 bits per heavy atom. The van der Waals surface area contributed by atoms with Crippen molar-refractivity contribution < 1.29 is 14.6 Å². The second-order valence-corrected chi connectivity index (χ2v) is 6.41. The van der Waals surface area contributed by atoms with E-state index in [1.165, 1.54) is 0 Å². The van der Waals surface area contributed by atoms with Gasteiger partial charge in [-0.15, -0.1) is 0 Å². The van der Waals surface area contributed by atoms with E-state index in [4.69, 9.17) is 21.4 Å². The van der Waals surface area contributed by atoms with Crippen LogP contribution in [0.3, 0.4) is 0 Å². The molecule has 0 radical (unpaired) electrons. The van der Waals surface area contributed by atoms with Gasteiger partial charge in [0.15, 0.2) is 0 Å². The van der Waals surface area contributed by atoms with Gasteiger partial charge in [-0.25, -0.2) is 0 Å². The Morgan fingerprint density at radius 3 is 2.73 bits per heavy atom. The van der Waals surface area contributed by atoms with Gasteiger partial charge in [-0.3, -0.25) is 4.79 Å². The van der Waals surface area contributed by atoms with Crippen LogP contribution in [0.5, 0.6) is 5.75 Å². The van der Waals surface area contributed by atoms with Crippen LogP contribution in [0.15, 0.2) is 18.2 Å². The van der Waals surface area contributed by atoms with Gasteiger partial charge in [0.1, 0.15) is 12.4 Å². The highest BCUT2D eigenvalue weighted by atomic mass is 35.5. The number of halogens is 1. The lowest BCUT2D eigenvalue weighted by molar-refractivity contribution is -0.138. The third-order valence-electron chi connectivity index (χ3n) is 4.26. The minimum Gasteiger partial charge on any atom is -0.490 e. The molecule has 4 nitrogen and oxygen atoms in total.